The second-order valence-electron chi connectivity index (χ2n) is 8.33. The molecule has 0 amide bonds. The van der Waals surface area contributed by atoms with E-state index < -0.39 is 23.6 Å². The summed E-state index contributed by atoms with van der Waals surface area (Å²) >= 11 is 0. The number of ketones is 1. The van der Waals surface area contributed by atoms with Crippen LogP contribution in [-0.4, -0.2) is 48.7 Å². The number of benzene rings is 1. The van der Waals surface area contributed by atoms with Gasteiger partial charge in [-0.25, -0.2) is 0 Å². The fourth-order valence-corrected chi connectivity index (χ4v) is 3.79. The highest BCUT2D eigenvalue weighted by atomic mass is 16.9. The Morgan fingerprint density at radius 3 is 2.67 bits per heavy atom. The van der Waals surface area contributed by atoms with Crippen LogP contribution < -0.4 is 0 Å². The molecule has 1 aromatic rings. The van der Waals surface area contributed by atoms with Gasteiger partial charge in [0.25, 0.3) is 0 Å². The zero-order valence-electron chi connectivity index (χ0n) is 18.1. The number of carbonyl (C=O) groups excluding carboxylic acids is 2. The van der Waals surface area contributed by atoms with Gasteiger partial charge in [0.15, 0.2) is 5.79 Å². The predicted octanol–water partition coefficient (Wildman–Crippen LogP) is 3.53. The maximum absolute atomic E-state index is 12.2. The Balaban J connectivity index is 1.54. The monoisotopic (exact) mass is 420 g/mol. The topological polar surface area (TPSA) is 80.3 Å². The van der Waals surface area contributed by atoms with Crippen LogP contribution in [0.4, 0.5) is 0 Å². The van der Waals surface area contributed by atoms with E-state index in [-0.39, 0.29) is 31.5 Å². The quantitative estimate of drug-likeness (QED) is 0.308. The van der Waals surface area contributed by atoms with E-state index in [1.54, 1.807) is 13.8 Å². The molecule has 2 saturated heterocycles. The molecule has 7 nitrogen and oxygen atoms in total. The number of ether oxygens (including phenoxy) is 5. The van der Waals surface area contributed by atoms with Crippen LogP contribution in [0, 0.1) is 0 Å². The van der Waals surface area contributed by atoms with Crippen molar-refractivity contribution in [3.63, 3.8) is 0 Å². The number of unbranched alkanes of at least 4 members (excludes halogenated alkanes) is 2. The Labute approximate surface area is 178 Å². The molecule has 2 fully saturated rings. The van der Waals surface area contributed by atoms with Crippen molar-refractivity contribution in [1.29, 1.82) is 0 Å². The first-order valence-corrected chi connectivity index (χ1v) is 10.7. The Hall–Kier alpha value is -1.80. The summed E-state index contributed by atoms with van der Waals surface area (Å²) in [7, 11) is 0. The third kappa shape index (κ3) is 5.88. The fourth-order valence-electron chi connectivity index (χ4n) is 3.79. The predicted molar refractivity (Wildman–Crippen MR) is 108 cm³/mol. The van der Waals surface area contributed by atoms with Gasteiger partial charge in [0, 0.05) is 6.42 Å². The summed E-state index contributed by atoms with van der Waals surface area (Å²) in [6.45, 7) is 6.16. The molecule has 0 saturated carbocycles. The molecule has 0 aromatic heterocycles. The van der Waals surface area contributed by atoms with Gasteiger partial charge in [-0.3, -0.25) is 9.59 Å². The number of hydrogen-bond donors (Lipinski definition) is 0. The normalized spacial score (nSPS) is 27.0. The molecule has 30 heavy (non-hydrogen) atoms. The number of fused-ring (bicyclic) bond motifs is 1. The average molecular weight is 421 g/mol. The minimum atomic E-state index is -1.23. The fraction of sp³-hybridized carbons (Fsp3) is 0.652. The molecule has 0 spiro atoms. The number of Topliss-reactive ketones (excluding diaryl/α,β-unsaturated/α-hetero) is 1. The molecule has 2 aliphatic heterocycles. The molecule has 0 radical (unpaired) electrons. The van der Waals surface area contributed by atoms with E-state index >= 15 is 0 Å². The number of carbonyl (C=O) groups is 2. The van der Waals surface area contributed by atoms with E-state index in [2.05, 4.69) is 6.92 Å². The van der Waals surface area contributed by atoms with Crippen LogP contribution in [0.25, 0.3) is 0 Å². The van der Waals surface area contributed by atoms with Crippen molar-refractivity contribution in [3.05, 3.63) is 35.9 Å². The van der Waals surface area contributed by atoms with Gasteiger partial charge in [-0.2, -0.15) is 0 Å². The van der Waals surface area contributed by atoms with Crippen LogP contribution in [0.15, 0.2) is 30.3 Å². The lowest BCUT2D eigenvalue weighted by atomic mass is 10.1. The molecule has 1 aromatic carbocycles. The van der Waals surface area contributed by atoms with Crippen LogP contribution >= 0.6 is 0 Å². The SMILES string of the molecule is CCCCCC(=O)CC(=O)OC[C@@]12OC[C@@H](OCc3ccccc3)[C@@H]1OC(C)(C)O2. The van der Waals surface area contributed by atoms with E-state index in [1.807, 2.05) is 30.3 Å². The van der Waals surface area contributed by atoms with Crippen LogP contribution in [0.2, 0.25) is 0 Å². The number of rotatable bonds is 11. The van der Waals surface area contributed by atoms with Crippen molar-refractivity contribution < 1.29 is 33.3 Å². The summed E-state index contributed by atoms with van der Waals surface area (Å²) in [4.78, 5) is 24.1. The smallest absolute Gasteiger partial charge is 0.313 e. The summed E-state index contributed by atoms with van der Waals surface area (Å²) in [6.07, 6.45) is 2.07. The van der Waals surface area contributed by atoms with Crippen LogP contribution in [0.3, 0.4) is 0 Å². The second kappa shape index (κ2) is 10.0. The number of hydrogen-bond acceptors (Lipinski definition) is 7. The number of esters is 1. The van der Waals surface area contributed by atoms with E-state index in [4.69, 9.17) is 23.7 Å². The summed E-state index contributed by atoms with van der Waals surface area (Å²) in [5.41, 5.74) is 1.04. The van der Waals surface area contributed by atoms with E-state index in [1.165, 1.54) is 0 Å². The minimum absolute atomic E-state index is 0.108. The molecule has 0 N–H and O–H groups in total. The Morgan fingerprint density at radius 1 is 1.17 bits per heavy atom. The third-order valence-electron chi connectivity index (χ3n) is 5.23. The molecule has 2 heterocycles. The van der Waals surface area contributed by atoms with Gasteiger partial charge in [0.2, 0.25) is 5.79 Å². The van der Waals surface area contributed by atoms with Crippen molar-refractivity contribution in [1.82, 2.24) is 0 Å². The van der Waals surface area contributed by atoms with Crippen LogP contribution in [-0.2, 0) is 39.9 Å². The molecule has 166 valence electrons. The summed E-state index contributed by atoms with van der Waals surface area (Å²) < 4.78 is 29.3. The van der Waals surface area contributed by atoms with E-state index in [9.17, 15) is 9.59 Å². The van der Waals surface area contributed by atoms with Crippen molar-refractivity contribution in [2.45, 2.75) is 83.3 Å². The Kier molecular flexibility index (Phi) is 7.63. The van der Waals surface area contributed by atoms with Gasteiger partial charge >= 0.3 is 5.97 Å². The van der Waals surface area contributed by atoms with Crippen molar-refractivity contribution >= 4 is 11.8 Å². The third-order valence-corrected chi connectivity index (χ3v) is 5.23. The zero-order chi connectivity index (χ0) is 21.6. The average Bonchev–Trinajstić information content (AvgIpc) is 3.16. The van der Waals surface area contributed by atoms with Gasteiger partial charge in [-0.1, -0.05) is 50.1 Å². The van der Waals surface area contributed by atoms with Crippen molar-refractivity contribution in [2.75, 3.05) is 13.2 Å². The standard InChI is InChI=1S/C23H32O7/c1-4-5-7-12-18(24)13-20(25)27-16-23-21(29-22(2,3)30-23)19(15-28-23)26-14-17-10-8-6-9-11-17/h6,8-11,19,21H,4-5,7,12-16H2,1-3H3/t19-,21+,23+/m1/s1. The van der Waals surface area contributed by atoms with Crippen LogP contribution in [0.1, 0.15) is 58.4 Å². The molecule has 3 atom stereocenters. The lowest BCUT2D eigenvalue weighted by Crippen LogP contribution is -2.46. The minimum Gasteiger partial charge on any atom is -0.459 e. The first-order chi connectivity index (χ1) is 14.3. The highest BCUT2D eigenvalue weighted by molar-refractivity contribution is 5.95. The van der Waals surface area contributed by atoms with Gasteiger partial charge in [-0.15, -0.1) is 0 Å². The molecule has 7 heteroatoms. The van der Waals surface area contributed by atoms with Crippen LogP contribution in [0.5, 0.6) is 0 Å². The molecule has 0 unspecified atom stereocenters. The Bertz CT molecular complexity index is 718. The highest BCUT2D eigenvalue weighted by Crippen LogP contribution is 2.44. The highest BCUT2D eigenvalue weighted by Gasteiger charge is 2.63. The molecule has 0 bridgehead atoms. The van der Waals surface area contributed by atoms with Crippen molar-refractivity contribution in [2.24, 2.45) is 0 Å². The summed E-state index contributed by atoms with van der Waals surface area (Å²) in [5, 5.41) is 0. The zero-order valence-corrected chi connectivity index (χ0v) is 18.1. The summed E-state index contributed by atoms with van der Waals surface area (Å²) in [5.74, 6) is -2.81. The summed E-state index contributed by atoms with van der Waals surface area (Å²) in [6, 6.07) is 9.83. The Morgan fingerprint density at radius 2 is 1.93 bits per heavy atom. The lowest BCUT2D eigenvalue weighted by Gasteiger charge is -2.26. The van der Waals surface area contributed by atoms with Gasteiger partial charge in [0.05, 0.1) is 13.2 Å². The maximum atomic E-state index is 12.2. The molecule has 3 rings (SSSR count). The molecule has 2 aliphatic rings. The first-order valence-electron chi connectivity index (χ1n) is 10.7. The molecular weight excluding hydrogens is 388 g/mol. The van der Waals surface area contributed by atoms with Crippen molar-refractivity contribution in [3.8, 4) is 0 Å². The lowest BCUT2D eigenvalue weighted by molar-refractivity contribution is -0.262. The van der Waals surface area contributed by atoms with Gasteiger partial charge in [0.1, 0.15) is 31.0 Å². The van der Waals surface area contributed by atoms with Gasteiger partial charge < -0.3 is 23.7 Å². The maximum Gasteiger partial charge on any atom is 0.313 e. The largest absolute Gasteiger partial charge is 0.459 e. The van der Waals surface area contributed by atoms with E-state index in [0.29, 0.717) is 13.0 Å². The first kappa shape index (κ1) is 22.9. The van der Waals surface area contributed by atoms with Gasteiger partial charge in [-0.05, 0) is 25.8 Å². The molecule has 0 aliphatic carbocycles. The molecular formula is C23H32O7. The second-order valence-corrected chi connectivity index (χ2v) is 8.33. The van der Waals surface area contributed by atoms with E-state index in [0.717, 1.165) is 24.8 Å².